The molecular formula is C14H24F2N4O6. The number of rotatable bonds is 16. The summed E-state index contributed by atoms with van der Waals surface area (Å²) in [5.74, 6) is 0. The predicted molar refractivity (Wildman–Crippen MR) is 86.2 cm³/mol. The molecule has 0 aliphatic rings. The topological polar surface area (TPSA) is 124 Å². The van der Waals surface area contributed by atoms with Gasteiger partial charge in [0.15, 0.2) is 0 Å². The Bertz CT molecular complexity index is 518. The van der Waals surface area contributed by atoms with Crippen molar-refractivity contribution in [2.24, 2.45) is 5.73 Å². The van der Waals surface area contributed by atoms with E-state index in [2.05, 4.69) is 5.10 Å². The van der Waals surface area contributed by atoms with Crippen molar-refractivity contribution in [3.05, 3.63) is 22.0 Å². The van der Waals surface area contributed by atoms with Crippen molar-refractivity contribution in [2.45, 2.75) is 13.0 Å². The van der Waals surface area contributed by atoms with Crippen LogP contribution in [0.2, 0.25) is 0 Å². The average Bonchev–Trinajstić information content (AvgIpc) is 3.04. The summed E-state index contributed by atoms with van der Waals surface area (Å²) in [5, 5.41) is 14.2. The van der Waals surface area contributed by atoms with Crippen molar-refractivity contribution in [1.82, 2.24) is 9.78 Å². The van der Waals surface area contributed by atoms with E-state index in [9.17, 15) is 18.9 Å². The minimum Gasteiger partial charge on any atom is -0.378 e. The third kappa shape index (κ3) is 9.10. The van der Waals surface area contributed by atoms with Crippen LogP contribution in [0.25, 0.3) is 0 Å². The lowest BCUT2D eigenvalue weighted by Crippen LogP contribution is -2.15. The van der Waals surface area contributed by atoms with Gasteiger partial charge in [-0.05, 0) is 0 Å². The second kappa shape index (κ2) is 13.5. The largest absolute Gasteiger partial charge is 0.378 e. The summed E-state index contributed by atoms with van der Waals surface area (Å²) in [6.07, 6.45) is -2.03. The zero-order chi connectivity index (χ0) is 19.2. The zero-order valence-electron chi connectivity index (χ0n) is 14.4. The molecule has 150 valence electrons. The van der Waals surface area contributed by atoms with Gasteiger partial charge in [-0.2, -0.15) is 5.10 Å². The minimum atomic E-state index is -3.00. The maximum Gasteiger partial charge on any atom is 0.316 e. The monoisotopic (exact) mass is 382 g/mol. The fourth-order valence-corrected chi connectivity index (χ4v) is 1.84. The van der Waals surface area contributed by atoms with Crippen molar-refractivity contribution in [1.29, 1.82) is 0 Å². The molecular weight excluding hydrogens is 358 g/mol. The summed E-state index contributed by atoms with van der Waals surface area (Å²) in [4.78, 5) is 9.79. The van der Waals surface area contributed by atoms with Gasteiger partial charge in [0.2, 0.25) is 5.69 Å². The third-order valence-corrected chi connectivity index (χ3v) is 3.02. The summed E-state index contributed by atoms with van der Waals surface area (Å²) in [5.41, 5.74) is 3.73. The van der Waals surface area contributed by atoms with Crippen LogP contribution in [-0.4, -0.2) is 74.1 Å². The molecule has 0 aliphatic heterocycles. The molecule has 0 aliphatic carbocycles. The Labute approximate surface area is 149 Å². The predicted octanol–water partition coefficient (Wildman–Crippen LogP) is 0.754. The number of aromatic nitrogens is 2. The van der Waals surface area contributed by atoms with E-state index in [1.807, 2.05) is 0 Å². The highest BCUT2D eigenvalue weighted by molar-refractivity contribution is 5.33. The average molecular weight is 382 g/mol. The number of nitro groups is 1. The van der Waals surface area contributed by atoms with E-state index in [-0.39, 0.29) is 13.2 Å². The van der Waals surface area contributed by atoms with E-state index in [0.29, 0.717) is 52.8 Å². The second-order valence-corrected chi connectivity index (χ2v) is 4.96. The number of nitrogens with zero attached hydrogens (tertiary/aromatic N) is 3. The second-order valence-electron chi connectivity index (χ2n) is 4.96. The molecule has 0 aromatic carbocycles. The van der Waals surface area contributed by atoms with Crippen molar-refractivity contribution >= 4 is 5.69 Å². The molecule has 1 aromatic heterocycles. The molecule has 2 N–H and O–H groups in total. The highest BCUT2D eigenvalue weighted by atomic mass is 19.3. The Kier molecular flexibility index (Phi) is 11.6. The highest BCUT2D eigenvalue weighted by Crippen LogP contribution is 2.26. The van der Waals surface area contributed by atoms with Crippen LogP contribution in [0.4, 0.5) is 14.5 Å². The van der Waals surface area contributed by atoms with E-state index >= 15 is 0 Å². The third-order valence-electron chi connectivity index (χ3n) is 3.02. The van der Waals surface area contributed by atoms with Crippen molar-refractivity contribution < 1.29 is 32.7 Å². The SMILES string of the molecule is NCCOCCOCCOCCOCCn1cc([N+](=O)[O-])c(C(F)F)n1. The Morgan fingerprint density at radius 3 is 1.96 bits per heavy atom. The summed E-state index contributed by atoms with van der Waals surface area (Å²) >= 11 is 0. The smallest absolute Gasteiger partial charge is 0.316 e. The van der Waals surface area contributed by atoms with Crippen LogP contribution in [0.3, 0.4) is 0 Å². The summed E-state index contributed by atoms with van der Waals surface area (Å²) in [6.45, 7) is 3.71. The lowest BCUT2D eigenvalue weighted by atomic mass is 10.4. The number of ether oxygens (including phenoxy) is 4. The highest BCUT2D eigenvalue weighted by Gasteiger charge is 2.26. The Balaban J connectivity index is 2.02. The number of hydrogen-bond donors (Lipinski definition) is 1. The van der Waals surface area contributed by atoms with Gasteiger partial charge in [0.05, 0.1) is 64.3 Å². The lowest BCUT2D eigenvalue weighted by molar-refractivity contribution is -0.386. The maximum absolute atomic E-state index is 12.6. The zero-order valence-corrected chi connectivity index (χ0v) is 14.4. The standard InChI is InChI=1S/C14H24F2N4O6/c15-14(16)13-12(20(21)22)11-19(18-13)2-4-24-6-8-26-10-9-25-7-5-23-3-1-17/h11,14H,1-10,17H2. The fraction of sp³-hybridized carbons (Fsp3) is 0.786. The Morgan fingerprint density at radius 2 is 1.54 bits per heavy atom. The molecule has 0 saturated carbocycles. The van der Waals surface area contributed by atoms with Crippen LogP contribution in [0.1, 0.15) is 12.1 Å². The van der Waals surface area contributed by atoms with Gasteiger partial charge >= 0.3 is 5.69 Å². The number of nitrogens with two attached hydrogens (primary N) is 1. The molecule has 0 amide bonds. The van der Waals surface area contributed by atoms with Gasteiger partial charge in [-0.25, -0.2) is 8.78 Å². The molecule has 1 heterocycles. The van der Waals surface area contributed by atoms with E-state index in [4.69, 9.17) is 24.7 Å². The van der Waals surface area contributed by atoms with E-state index in [0.717, 1.165) is 10.9 Å². The van der Waals surface area contributed by atoms with Gasteiger partial charge in [-0.3, -0.25) is 14.8 Å². The summed E-state index contributed by atoms with van der Waals surface area (Å²) < 4.78 is 47.3. The van der Waals surface area contributed by atoms with Crippen LogP contribution in [0, 0.1) is 10.1 Å². The summed E-state index contributed by atoms with van der Waals surface area (Å²) in [6, 6.07) is 0. The molecule has 0 atom stereocenters. The number of halogens is 2. The Morgan fingerprint density at radius 1 is 1.04 bits per heavy atom. The molecule has 1 rings (SSSR count). The van der Waals surface area contributed by atoms with Gasteiger partial charge in [-0.1, -0.05) is 0 Å². The first-order chi connectivity index (χ1) is 12.6. The van der Waals surface area contributed by atoms with Crippen LogP contribution >= 0.6 is 0 Å². The molecule has 0 fully saturated rings. The minimum absolute atomic E-state index is 0.124. The molecule has 10 nitrogen and oxygen atoms in total. The normalized spacial score (nSPS) is 11.4. The molecule has 0 radical (unpaired) electrons. The van der Waals surface area contributed by atoms with Crippen molar-refractivity contribution in [2.75, 3.05) is 59.4 Å². The molecule has 0 unspecified atom stereocenters. The fourth-order valence-electron chi connectivity index (χ4n) is 1.84. The summed E-state index contributed by atoms with van der Waals surface area (Å²) in [7, 11) is 0. The van der Waals surface area contributed by atoms with E-state index in [1.165, 1.54) is 0 Å². The number of hydrogen-bond acceptors (Lipinski definition) is 8. The first kappa shape index (κ1) is 22.3. The molecule has 1 aromatic rings. The van der Waals surface area contributed by atoms with Gasteiger partial charge in [0.1, 0.15) is 6.20 Å². The molecule has 26 heavy (non-hydrogen) atoms. The lowest BCUT2D eigenvalue weighted by Gasteiger charge is -2.07. The van der Waals surface area contributed by atoms with E-state index < -0.39 is 22.7 Å². The van der Waals surface area contributed by atoms with Crippen molar-refractivity contribution in [3.63, 3.8) is 0 Å². The van der Waals surface area contributed by atoms with Crippen LogP contribution in [0.5, 0.6) is 0 Å². The molecule has 0 saturated heterocycles. The molecule has 0 spiro atoms. The van der Waals surface area contributed by atoms with Crippen molar-refractivity contribution in [3.8, 4) is 0 Å². The molecule has 12 heteroatoms. The van der Waals surface area contributed by atoms with Crippen LogP contribution < -0.4 is 5.73 Å². The van der Waals surface area contributed by atoms with Gasteiger partial charge in [0, 0.05) is 6.54 Å². The first-order valence-electron chi connectivity index (χ1n) is 8.07. The van der Waals surface area contributed by atoms with Crippen LogP contribution in [-0.2, 0) is 25.5 Å². The van der Waals surface area contributed by atoms with Gasteiger partial charge in [0.25, 0.3) is 6.43 Å². The maximum atomic E-state index is 12.6. The van der Waals surface area contributed by atoms with Crippen LogP contribution in [0.15, 0.2) is 6.20 Å². The Hall–Kier alpha value is -1.73. The quantitative estimate of drug-likeness (QED) is 0.252. The number of alkyl halides is 2. The van der Waals surface area contributed by atoms with Gasteiger partial charge < -0.3 is 24.7 Å². The molecule has 0 bridgehead atoms. The van der Waals surface area contributed by atoms with Gasteiger partial charge in [-0.15, -0.1) is 0 Å². The first-order valence-corrected chi connectivity index (χ1v) is 8.07. The van der Waals surface area contributed by atoms with E-state index in [1.54, 1.807) is 0 Å².